The first-order chi connectivity index (χ1) is 12.2. The van der Waals surface area contributed by atoms with Crippen LogP contribution in [0.3, 0.4) is 0 Å². The molecule has 0 spiro atoms. The fourth-order valence-electron chi connectivity index (χ4n) is 3.38. The minimum Gasteiger partial charge on any atom is -0.434 e. The second-order valence-electron chi connectivity index (χ2n) is 6.84. The molecule has 0 N–H and O–H groups in total. The third-order valence-electron chi connectivity index (χ3n) is 4.92. The molecule has 1 fully saturated rings. The van der Waals surface area contributed by atoms with E-state index < -0.39 is 6.16 Å². The van der Waals surface area contributed by atoms with Crippen LogP contribution >= 0.6 is 0 Å². The summed E-state index contributed by atoms with van der Waals surface area (Å²) in [5.41, 5.74) is 1.96. The van der Waals surface area contributed by atoms with Gasteiger partial charge in [0, 0.05) is 0 Å². The summed E-state index contributed by atoms with van der Waals surface area (Å²) < 4.78 is 10.6. The van der Waals surface area contributed by atoms with Crippen molar-refractivity contribution in [3.05, 3.63) is 35.4 Å². The van der Waals surface area contributed by atoms with Gasteiger partial charge in [0.1, 0.15) is 6.10 Å². The van der Waals surface area contributed by atoms with Gasteiger partial charge in [-0.15, -0.1) is 0 Å². The van der Waals surface area contributed by atoms with Crippen molar-refractivity contribution in [2.24, 2.45) is 0 Å². The lowest BCUT2D eigenvalue weighted by Crippen LogP contribution is -2.24. The molecule has 0 radical (unpaired) electrons. The van der Waals surface area contributed by atoms with Crippen LogP contribution in [0.2, 0.25) is 0 Å². The predicted octanol–water partition coefficient (Wildman–Crippen LogP) is 5.71. The van der Waals surface area contributed by atoms with Crippen LogP contribution in [-0.2, 0) is 9.47 Å². The van der Waals surface area contributed by atoms with Crippen LogP contribution in [-0.4, -0.2) is 18.9 Å². The van der Waals surface area contributed by atoms with E-state index in [0.717, 1.165) is 38.5 Å². The lowest BCUT2D eigenvalue weighted by Gasteiger charge is -2.28. The van der Waals surface area contributed by atoms with Crippen molar-refractivity contribution >= 4 is 6.16 Å². The molecule has 2 rings (SSSR count). The van der Waals surface area contributed by atoms with Crippen molar-refractivity contribution in [1.82, 2.24) is 0 Å². The summed E-state index contributed by atoms with van der Waals surface area (Å²) in [6.07, 6.45) is 8.89. The van der Waals surface area contributed by atoms with Crippen LogP contribution in [0, 0.1) is 11.3 Å². The fraction of sp³-hybridized carbons (Fsp3) is 0.619. The summed E-state index contributed by atoms with van der Waals surface area (Å²) >= 11 is 0. The normalized spacial score (nSPS) is 19.8. The smallest absolute Gasteiger partial charge is 0.434 e. The van der Waals surface area contributed by atoms with Crippen molar-refractivity contribution in [3.63, 3.8) is 0 Å². The Morgan fingerprint density at radius 3 is 2.40 bits per heavy atom. The van der Waals surface area contributed by atoms with E-state index in [4.69, 9.17) is 14.7 Å². The molecule has 1 aromatic carbocycles. The second-order valence-corrected chi connectivity index (χ2v) is 6.84. The van der Waals surface area contributed by atoms with E-state index in [0.29, 0.717) is 18.1 Å². The van der Waals surface area contributed by atoms with Gasteiger partial charge >= 0.3 is 6.16 Å². The summed E-state index contributed by atoms with van der Waals surface area (Å²) in [4.78, 5) is 11.7. The Bertz CT molecular complexity index is 553. The molecule has 0 heterocycles. The van der Waals surface area contributed by atoms with Gasteiger partial charge in [-0.25, -0.2) is 4.79 Å². The second kappa shape index (κ2) is 10.8. The van der Waals surface area contributed by atoms with E-state index >= 15 is 0 Å². The molecule has 1 aliphatic rings. The molecule has 1 aromatic rings. The van der Waals surface area contributed by atoms with Gasteiger partial charge in [0.05, 0.1) is 18.2 Å². The summed E-state index contributed by atoms with van der Waals surface area (Å²) in [5, 5.41) is 8.86. The van der Waals surface area contributed by atoms with Crippen LogP contribution < -0.4 is 0 Å². The van der Waals surface area contributed by atoms with Gasteiger partial charge in [-0.1, -0.05) is 44.7 Å². The van der Waals surface area contributed by atoms with Gasteiger partial charge < -0.3 is 9.47 Å². The Morgan fingerprint density at radius 1 is 1.08 bits per heavy atom. The first-order valence-electron chi connectivity index (χ1n) is 9.56. The average molecular weight is 343 g/mol. The number of hydrogen-bond acceptors (Lipinski definition) is 4. The van der Waals surface area contributed by atoms with Crippen LogP contribution in [0.4, 0.5) is 4.79 Å². The molecular formula is C21H29NO3. The third-order valence-corrected chi connectivity index (χ3v) is 4.92. The molecule has 0 unspecified atom stereocenters. The average Bonchev–Trinajstić information content (AvgIpc) is 2.65. The fourth-order valence-corrected chi connectivity index (χ4v) is 3.38. The molecule has 1 aliphatic carbocycles. The number of nitrogens with zero attached hydrogens (tertiary/aromatic N) is 1. The van der Waals surface area contributed by atoms with Crippen LogP contribution in [0.1, 0.15) is 81.8 Å². The number of rotatable bonds is 8. The highest BCUT2D eigenvalue weighted by molar-refractivity contribution is 5.60. The SMILES string of the molecule is CCCCCCCOC(=O)OC1CCC(c2ccc(C#N)cc2)CC1. The van der Waals surface area contributed by atoms with Crippen LogP contribution in [0.25, 0.3) is 0 Å². The molecule has 136 valence electrons. The summed E-state index contributed by atoms with van der Waals surface area (Å²) in [5.74, 6) is 0.488. The zero-order chi connectivity index (χ0) is 17.9. The maximum atomic E-state index is 11.7. The van der Waals surface area contributed by atoms with E-state index in [1.807, 2.05) is 24.3 Å². The zero-order valence-corrected chi connectivity index (χ0v) is 15.2. The minimum absolute atomic E-state index is 0.0257. The Kier molecular flexibility index (Phi) is 8.31. The maximum Gasteiger partial charge on any atom is 0.508 e. The van der Waals surface area contributed by atoms with Crippen molar-refractivity contribution < 1.29 is 14.3 Å². The van der Waals surface area contributed by atoms with Crippen molar-refractivity contribution in [2.45, 2.75) is 76.7 Å². The maximum absolute atomic E-state index is 11.7. The summed E-state index contributed by atoms with van der Waals surface area (Å²) in [6.45, 7) is 2.65. The van der Waals surface area contributed by atoms with Gasteiger partial charge in [0.25, 0.3) is 0 Å². The third kappa shape index (κ3) is 6.78. The first kappa shape index (κ1) is 19.3. The van der Waals surface area contributed by atoms with E-state index in [9.17, 15) is 4.79 Å². The van der Waals surface area contributed by atoms with Crippen molar-refractivity contribution in [1.29, 1.82) is 5.26 Å². The molecule has 0 saturated heterocycles. The minimum atomic E-state index is -0.516. The quantitative estimate of drug-likeness (QED) is 0.448. The number of nitriles is 1. The van der Waals surface area contributed by atoms with Crippen LogP contribution in [0.15, 0.2) is 24.3 Å². The van der Waals surface area contributed by atoms with Gasteiger partial charge in [-0.05, 0) is 55.7 Å². The largest absolute Gasteiger partial charge is 0.508 e. The number of carbonyl (C=O) groups excluding carboxylic acids is 1. The molecule has 0 amide bonds. The molecular weight excluding hydrogens is 314 g/mol. The number of benzene rings is 1. The Hall–Kier alpha value is -2.02. The van der Waals surface area contributed by atoms with Gasteiger partial charge in [-0.2, -0.15) is 5.26 Å². The highest BCUT2D eigenvalue weighted by Gasteiger charge is 2.25. The van der Waals surface area contributed by atoms with E-state index in [2.05, 4.69) is 13.0 Å². The molecule has 0 aromatic heterocycles. The molecule has 0 aliphatic heterocycles. The standard InChI is InChI=1S/C21H29NO3/c1-2-3-4-5-6-15-24-21(23)25-20-13-11-19(12-14-20)18-9-7-17(16-22)8-10-18/h7-10,19-20H,2-6,11-15H2,1H3. The molecule has 1 saturated carbocycles. The molecule has 0 bridgehead atoms. The van der Waals surface area contributed by atoms with Gasteiger partial charge in [0.15, 0.2) is 0 Å². The van der Waals surface area contributed by atoms with Gasteiger partial charge in [-0.3, -0.25) is 0 Å². The highest BCUT2D eigenvalue weighted by atomic mass is 16.7. The first-order valence-corrected chi connectivity index (χ1v) is 9.56. The zero-order valence-electron chi connectivity index (χ0n) is 15.2. The topological polar surface area (TPSA) is 59.3 Å². The Morgan fingerprint density at radius 2 is 1.76 bits per heavy atom. The van der Waals surface area contributed by atoms with E-state index in [-0.39, 0.29) is 6.10 Å². The Labute approximate surface area is 151 Å². The number of carbonyl (C=O) groups is 1. The lowest BCUT2D eigenvalue weighted by molar-refractivity contribution is 0.00863. The highest BCUT2D eigenvalue weighted by Crippen LogP contribution is 2.34. The van der Waals surface area contributed by atoms with Gasteiger partial charge in [0.2, 0.25) is 0 Å². The number of unbranched alkanes of at least 4 members (excludes halogenated alkanes) is 4. The molecule has 0 atom stereocenters. The van der Waals surface area contributed by atoms with Crippen molar-refractivity contribution in [3.8, 4) is 6.07 Å². The number of hydrogen-bond donors (Lipinski definition) is 0. The van der Waals surface area contributed by atoms with Crippen LogP contribution in [0.5, 0.6) is 0 Å². The Balaban J connectivity index is 1.63. The summed E-state index contributed by atoms with van der Waals surface area (Å²) in [7, 11) is 0. The van der Waals surface area contributed by atoms with E-state index in [1.54, 1.807) is 0 Å². The molecule has 4 heteroatoms. The molecule has 25 heavy (non-hydrogen) atoms. The predicted molar refractivity (Wildman–Crippen MR) is 97.3 cm³/mol. The van der Waals surface area contributed by atoms with Crippen molar-refractivity contribution in [2.75, 3.05) is 6.61 Å². The number of ether oxygens (including phenoxy) is 2. The molecule has 4 nitrogen and oxygen atoms in total. The summed E-state index contributed by atoms with van der Waals surface area (Å²) in [6, 6.07) is 9.96. The van der Waals surface area contributed by atoms with E-state index in [1.165, 1.54) is 24.8 Å². The monoisotopic (exact) mass is 343 g/mol. The lowest BCUT2D eigenvalue weighted by atomic mass is 9.82.